The molecule has 4 nitrogen and oxygen atoms in total. The molecule has 0 radical (unpaired) electrons. The van der Waals surface area contributed by atoms with E-state index in [9.17, 15) is 9.90 Å². The van der Waals surface area contributed by atoms with Crippen molar-refractivity contribution in [3.63, 3.8) is 0 Å². The molecular formula is C22H24N2O2. The molecule has 134 valence electrons. The monoisotopic (exact) mass is 348 g/mol. The lowest BCUT2D eigenvalue weighted by Crippen LogP contribution is -2.42. The van der Waals surface area contributed by atoms with Gasteiger partial charge in [0.15, 0.2) is 0 Å². The summed E-state index contributed by atoms with van der Waals surface area (Å²) < 4.78 is 0. The van der Waals surface area contributed by atoms with Gasteiger partial charge in [-0.1, -0.05) is 43.7 Å². The van der Waals surface area contributed by atoms with Crippen molar-refractivity contribution in [3.05, 3.63) is 53.6 Å². The summed E-state index contributed by atoms with van der Waals surface area (Å²) in [5.41, 5.74) is 4.38. The van der Waals surface area contributed by atoms with E-state index >= 15 is 0 Å². The number of nitrogens with zero attached hydrogens (tertiary/aromatic N) is 1. The van der Waals surface area contributed by atoms with Gasteiger partial charge in [0.25, 0.3) is 0 Å². The number of benzene rings is 2. The minimum absolute atomic E-state index is 0.0924. The number of para-hydroxylation sites is 2. The van der Waals surface area contributed by atoms with Gasteiger partial charge in [-0.25, -0.2) is 0 Å². The number of aromatic hydroxyl groups is 1. The van der Waals surface area contributed by atoms with Crippen molar-refractivity contribution in [1.82, 2.24) is 0 Å². The lowest BCUT2D eigenvalue weighted by atomic mass is 9.68. The van der Waals surface area contributed by atoms with Crippen LogP contribution in [0.2, 0.25) is 0 Å². The van der Waals surface area contributed by atoms with Gasteiger partial charge in [-0.2, -0.15) is 0 Å². The van der Waals surface area contributed by atoms with E-state index in [1.165, 1.54) is 0 Å². The highest BCUT2D eigenvalue weighted by atomic mass is 16.3. The zero-order chi connectivity index (χ0) is 18.5. The molecule has 4 rings (SSSR count). The van der Waals surface area contributed by atoms with E-state index in [0.29, 0.717) is 6.42 Å². The average molecular weight is 348 g/mol. The van der Waals surface area contributed by atoms with Gasteiger partial charge in [-0.15, -0.1) is 0 Å². The summed E-state index contributed by atoms with van der Waals surface area (Å²) in [6.45, 7) is 6.23. The predicted molar refractivity (Wildman–Crippen MR) is 104 cm³/mol. The second kappa shape index (κ2) is 5.97. The highest BCUT2D eigenvalue weighted by molar-refractivity contribution is 6.10. The number of rotatable bonds is 1. The van der Waals surface area contributed by atoms with Gasteiger partial charge in [0.2, 0.25) is 0 Å². The van der Waals surface area contributed by atoms with E-state index in [4.69, 9.17) is 4.99 Å². The molecule has 1 saturated carbocycles. The molecule has 2 aliphatic rings. The third kappa shape index (κ3) is 2.90. The van der Waals surface area contributed by atoms with Crippen LogP contribution in [0.25, 0.3) is 0 Å². The molecule has 2 aromatic carbocycles. The number of phenols is 1. The van der Waals surface area contributed by atoms with Crippen LogP contribution in [-0.4, -0.2) is 16.6 Å². The van der Waals surface area contributed by atoms with Crippen LogP contribution in [0.4, 0.5) is 11.4 Å². The summed E-state index contributed by atoms with van der Waals surface area (Å²) in [5, 5.41) is 14.0. The normalized spacial score (nSPS) is 24.0. The molecular weight excluding hydrogens is 324 g/mol. The first kappa shape index (κ1) is 16.8. The van der Waals surface area contributed by atoms with Crippen molar-refractivity contribution in [1.29, 1.82) is 0 Å². The van der Waals surface area contributed by atoms with Gasteiger partial charge in [0.05, 0.1) is 23.3 Å². The lowest BCUT2D eigenvalue weighted by Gasteiger charge is -2.37. The molecule has 1 fully saturated rings. The van der Waals surface area contributed by atoms with Crippen LogP contribution in [0, 0.1) is 18.3 Å². The van der Waals surface area contributed by atoms with Crippen LogP contribution in [0.1, 0.15) is 43.9 Å². The Labute approximate surface area is 154 Å². The van der Waals surface area contributed by atoms with E-state index in [1.54, 1.807) is 6.07 Å². The number of hydrogen-bond acceptors (Lipinski definition) is 4. The van der Waals surface area contributed by atoms with Crippen molar-refractivity contribution in [2.75, 3.05) is 5.32 Å². The number of hydrogen-bond donors (Lipinski definition) is 2. The largest absolute Gasteiger partial charge is 0.508 e. The van der Waals surface area contributed by atoms with Crippen LogP contribution in [0.3, 0.4) is 0 Å². The average Bonchev–Trinajstić information content (AvgIpc) is 2.72. The summed E-state index contributed by atoms with van der Waals surface area (Å²) in [6, 6.07) is 13.1. The van der Waals surface area contributed by atoms with Crippen LogP contribution < -0.4 is 5.32 Å². The van der Waals surface area contributed by atoms with E-state index in [1.807, 2.05) is 43.3 Å². The smallest absolute Gasteiger partial charge is 0.144 e. The number of phenolic OH excluding ortho intramolecular Hbond substituents is 1. The fourth-order valence-electron chi connectivity index (χ4n) is 4.20. The summed E-state index contributed by atoms with van der Waals surface area (Å²) in [7, 11) is 0. The van der Waals surface area contributed by atoms with Crippen molar-refractivity contribution in [2.24, 2.45) is 16.3 Å². The van der Waals surface area contributed by atoms with E-state index in [2.05, 4.69) is 19.2 Å². The molecule has 1 heterocycles. The third-order valence-corrected chi connectivity index (χ3v) is 5.35. The van der Waals surface area contributed by atoms with Crippen molar-refractivity contribution in [2.45, 2.75) is 39.7 Å². The van der Waals surface area contributed by atoms with Gasteiger partial charge >= 0.3 is 0 Å². The maximum absolute atomic E-state index is 13.1. The predicted octanol–water partition coefficient (Wildman–Crippen LogP) is 4.95. The van der Waals surface area contributed by atoms with Crippen molar-refractivity contribution in [3.8, 4) is 5.75 Å². The number of aliphatic imine (C=N–C) groups is 1. The molecule has 2 N–H and O–H groups in total. The number of ketones is 1. The Bertz CT molecular complexity index is 914. The molecule has 0 spiro atoms. The quantitative estimate of drug-likeness (QED) is 0.767. The van der Waals surface area contributed by atoms with Gasteiger partial charge in [0.1, 0.15) is 11.5 Å². The Hall–Kier alpha value is -2.62. The highest BCUT2D eigenvalue weighted by Gasteiger charge is 2.44. The minimum Gasteiger partial charge on any atom is -0.508 e. The molecule has 26 heavy (non-hydrogen) atoms. The van der Waals surface area contributed by atoms with E-state index in [0.717, 1.165) is 34.6 Å². The number of Topliss-reactive ketones (excluding diaryl/α,β-unsaturated/α-hetero) is 1. The van der Waals surface area contributed by atoms with E-state index < -0.39 is 0 Å². The number of carbonyl (C=O) groups excluding carboxylic acids is 1. The van der Waals surface area contributed by atoms with Gasteiger partial charge < -0.3 is 10.4 Å². The highest BCUT2D eigenvalue weighted by Crippen LogP contribution is 2.46. The summed E-state index contributed by atoms with van der Waals surface area (Å²) in [4.78, 5) is 18.0. The molecule has 4 heteroatoms. The first-order valence-corrected chi connectivity index (χ1v) is 9.09. The Morgan fingerprint density at radius 3 is 2.73 bits per heavy atom. The molecule has 1 aliphatic carbocycles. The van der Waals surface area contributed by atoms with Crippen molar-refractivity contribution >= 4 is 22.9 Å². The summed E-state index contributed by atoms with van der Waals surface area (Å²) in [6.07, 6.45) is 1.31. The van der Waals surface area contributed by atoms with Gasteiger partial charge in [-0.05, 0) is 37.0 Å². The molecule has 0 bridgehead atoms. The van der Waals surface area contributed by atoms with Crippen LogP contribution in [0.5, 0.6) is 5.75 Å². The SMILES string of the molecule is Cc1ccc(O)c([C@@H]2Nc3ccccc3N=C3CC(C)(C)CC(=O)[C@@H]32)c1. The first-order chi connectivity index (χ1) is 12.3. The van der Waals surface area contributed by atoms with Crippen molar-refractivity contribution < 1.29 is 9.90 Å². The Morgan fingerprint density at radius 2 is 1.92 bits per heavy atom. The number of fused-ring (bicyclic) bond motifs is 2. The first-order valence-electron chi connectivity index (χ1n) is 9.09. The Kier molecular flexibility index (Phi) is 3.87. The summed E-state index contributed by atoms with van der Waals surface area (Å²) in [5.74, 6) is 0.0406. The van der Waals surface area contributed by atoms with Crippen LogP contribution in [-0.2, 0) is 4.79 Å². The lowest BCUT2D eigenvalue weighted by molar-refractivity contribution is -0.124. The molecule has 2 aromatic rings. The molecule has 2 atom stereocenters. The second-order valence-electron chi connectivity index (χ2n) is 8.27. The number of carbonyl (C=O) groups is 1. The Morgan fingerprint density at radius 1 is 1.15 bits per heavy atom. The standard InChI is InChI=1S/C22H24N2O2/c1-13-8-9-18(25)14(10-13)21-20-17(11-22(2,3)12-19(20)26)23-15-6-4-5-7-16(15)24-21/h4-10,20-21,24-25H,11-12H2,1-3H3/t20-,21+/m1/s1. The second-order valence-corrected chi connectivity index (χ2v) is 8.27. The molecule has 0 unspecified atom stereocenters. The number of anilines is 1. The van der Waals surface area contributed by atoms with Crippen LogP contribution >= 0.6 is 0 Å². The number of nitrogens with one attached hydrogen (secondary N) is 1. The summed E-state index contributed by atoms with van der Waals surface area (Å²) >= 11 is 0. The zero-order valence-corrected chi connectivity index (χ0v) is 15.4. The van der Waals surface area contributed by atoms with E-state index in [-0.39, 0.29) is 28.9 Å². The molecule has 0 aromatic heterocycles. The third-order valence-electron chi connectivity index (χ3n) is 5.35. The van der Waals surface area contributed by atoms with Gasteiger partial charge in [0, 0.05) is 17.7 Å². The molecule has 1 aliphatic heterocycles. The van der Waals surface area contributed by atoms with Crippen LogP contribution in [0.15, 0.2) is 47.5 Å². The minimum atomic E-state index is -0.358. The number of aryl methyl sites for hydroxylation is 1. The zero-order valence-electron chi connectivity index (χ0n) is 15.4. The maximum Gasteiger partial charge on any atom is 0.144 e. The Balaban J connectivity index is 1.90. The topological polar surface area (TPSA) is 61.7 Å². The fourth-order valence-corrected chi connectivity index (χ4v) is 4.20. The fraction of sp³-hybridized carbons (Fsp3) is 0.364. The van der Waals surface area contributed by atoms with Gasteiger partial charge in [-0.3, -0.25) is 9.79 Å². The molecule has 0 amide bonds. The maximum atomic E-state index is 13.1. The molecule has 0 saturated heterocycles.